The van der Waals surface area contributed by atoms with Gasteiger partial charge in [-0.3, -0.25) is 14.4 Å². The topological polar surface area (TPSA) is 72.5 Å². The lowest BCUT2D eigenvalue weighted by Gasteiger charge is -2.13. The van der Waals surface area contributed by atoms with Crippen LogP contribution in [0.15, 0.2) is 47.8 Å². The van der Waals surface area contributed by atoms with Gasteiger partial charge in [-0.1, -0.05) is 24.3 Å². The van der Waals surface area contributed by atoms with Crippen molar-refractivity contribution in [3.05, 3.63) is 52.7 Å². The summed E-state index contributed by atoms with van der Waals surface area (Å²) in [5, 5.41) is 4.46. The molecule has 0 fully saturated rings. The molecule has 1 aromatic heterocycles. The highest BCUT2D eigenvalue weighted by molar-refractivity contribution is 7.12. The van der Waals surface area contributed by atoms with Gasteiger partial charge >= 0.3 is 5.97 Å². The van der Waals surface area contributed by atoms with Crippen LogP contribution in [0.25, 0.3) is 0 Å². The highest BCUT2D eigenvalue weighted by Gasteiger charge is 2.19. The van der Waals surface area contributed by atoms with Gasteiger partial charge in [0.15, 0.2) is 11.9 Å². The molecule has 0 unspecified atom stereocenters. The van der Waals surface area contributed by atoms with Crippen LogP contribution < -0.4 is 5.32 Å². The number of amides is 1. The quantitative estimate of drug-likeness (QED) is 0.624. The number of esters is 1. The first-order valence-corrected chi connectivity index (χ1v) is 8.06. The molecule has 0 spiro atoms. The van der Waals surface area contributed by atoms with E-state index in [1.165, 1.54) is 18.3 Å². The number of para-hydroxylation sites is 1. The van der Waals surface area contributed by atoms with E-state index < -0.39 is 18.0 Å². The Balaban J connectivity index is 1.75. The van der Waals surface area contributed by atoms with Gasteiger partial charge in [0.25, 0.3) is 5.91 Å². The zero-order valence-electron chi connectivity index (χ0n) is 12.7. The minimum Gasteiger partial charge on any atom is -0.453 e. The van der Waals surface area contributed by atoms with Crippen LogP contribution >= 0.6 is 11.3 Å². The second kappa shape index (κ2) is 8.24. The van der Waals surface area contributed by atoms with Gasteiger partial charge < -0.3 is 10.1 Å². The Hall–Kier alpha value is -2.47. The van der Waals surface area contributed by atoms with Gasteiger partial charge in [0.2, 0.25) is 0 Å². The molecule has 1 amide bonds. The minimum atomic E-state index is -0.917. The number of benzene rings is 1. The fourth-order valence-corrected chi connectivity index (χ4v) is 2.55. The maximum Gasteiger partial charge on any atom is 0.307 e. The second-order valence-corrected chi connectivity index (χ2v) is 5.84. The van der Waals surface area contributed by atoms with Gasteiger partial charge in [-0.25, -0.2) is 0 Å². The summed E-state index contributed by atoms with van der Waals surface area (Å²) in [6.07, 6.45) is -0.883. The minimum absolute atomic E-state index is 0.0420. The van der Waals surface area contributed by atoms with Gasteiger partial charge in [0.05, 0.1) is 11.3 Å². The zero-order valence-corrected chi connectivity index (χ0v) is 13.5. The fraction of sp³-hybridized carbons (Fsp3) is 0.235. The smallest absolute Gasteiger partial charge is 0.307 e. The van der Waals surface area contributed by atoms with E-state index in [1.54, 1.807) is 36.4 Å². The Kier molecular flexibility index (Phi) is 6.05. The summed E-state index contributed by atoms with van der Waals surface area (Å²) in [5.74, 6) is -1.07. The number of rotatable bonds is 7. The Labute approximate surface area is 138 Å². The van der Waals surface area contributed by atoms with Crippen LogP contribution in [0.3, 0.4) is 0 Å². The number of carbonyl (C=O) groups is 3. The predicted molar refractivity (Wildman–Crippen MR) is 88.5 cm³/mol. The van der Waals surface area contributed by atoms with Crippen LogP contribution in [0.1, 0.15) is 29.4 Å². The Bertz CT molecular complexity index is 667. The summed E-state index contributed by atoms with van der Waals surface area (Å²) in [6, 6.07) is 12.4. The first kappa shape index (κ1) is 16.9. The van der Waals surface area contributed by atoms with E-state index in [9.17, 15) is 14.4 Å². The zero-order chi connectivity index (χ0) is 16.7. The number of anilines is 1. The molecule has 1 atom stereocenters. The molecule has 2 aromatic rings. The van der Waals surface area contributed by atoms with Crippen molar-refractivity contribution < 1.29 is 19.1 Å². The third kappa shape index (κ3) is 5.34. The summed E-state index contributed by atoms with van der Waals surface area (Å²) in [6.45, 7) is 1.50. The maximum atomic E-state index is 11.9. The van der Waals surface area contributed by atoms with Crippen molar-refractivity contribution in [3.8, 4) is 0 Å². The van der Waals surface area contributed by atoms with Gasteiger partial charge in [0, 0.05) is 12.1 Å². The molecule has 0 bridgehead atoms. The normalized spacial score (nSPS) is 11.5. The molecule has 2 rings (SSSR count). The van der Waals surface area contributed by atoms with E-state index in [1.807, 2.05) is 11.4 Å². The van der Waals surface area contributed by atoms with Crippen molar-refractivity contribution in [3.63, 3.8) is 0 Å². The molecule has 1 aromatic carbocycles. The number of carbonyl (C=O) groups excluding carboxylic acids is 3. The summed E-state index contributed by atoms with van der Waals surface area (Å²) >= 11 is 1.34. The SMILES string of the molecule is C[C@@H](OC(=O)CCC(=O)c1cccs1)C(=O)Nc1ccccc1. The van der Waals surface area contributed by atoms with Gasteiger partial charge in [-0.05, 0) is 30.5 Å². The van der Waals surface area contributed by atoms with E-state index in [2.05, 4.69) is 5.32 Å². The molecule has 5 nitrogen and oxygen atoms in total. The first-order valence-electron chi connectivity index (χ1n) is 7.18. The average Bonchev–Trinajstić information content (AvgIpc) is 3.08. The molecule has 120 valence electrons. The lowest BCUT2D eigenvalue weighted by molar-refractivity contribution is -0.153. The predicted octanol–water partition coefficient (Wildman–Crippen LogP) is 3.28. The van der Waals surface area contributed by atoms with Crippen molar-refractivity contribution in [2.45, 2.75) is 25.9 Å². The van der Waals surface area contributed by atoms with Gasteiger partial charge in [-0.15, -0.1) is 11.3 Å². The summed E-state index contributed by atoms with van der Waals surface area (Å²) < 4.78 is 5.05. The molecule has 0 saturated carbocycles. The summed E-state index contributed by atoms with van der Waals surface area (Å²) in [7, 11) is 0. The number of hydrogen-bond acceptors (Lipinski definition) is 5. The van der Waals surface area contributed by atoms with E-state index in [0.29, 0.717) is 10.6 Å². The lowest BCUT2D eigenvalue weighted by Crippen LogP contribution is -2.30. The van der Waals surface area contributed by atoms with Gasteiger partial charge in [-0.2, -0.15) is 0 Å². The highest BCUT2D eigenvalue weighted by Crippen LogP contribution is 2.13. The lowest BCUT2D eigenvalue weighted by atomic mass is 10.2. The molecule has 0 aliphatic rings. The van der Waals surface area contributed by atoms with Crippen LogP contribution in [0.2, 0.25) is 0 Å². The van der Waals surface area contributed by atoms with Crippen molar-refractivity contribution >= 4 is 34.7 Å². The van der Waals surface area contributed by atoms with E-state index in [0.717, 1.165) is 0 Å². The number of ether oxygens (including phenoxy) is 1. The molecule has 1 heterocycles. The maximum absolute atomic E-state index is 11.9. The number of nitrogens with one attached hydrogen (secondary N) is 1. The van der Waals surface area contributed by atoms with Crippen molar-refractivity contribution in [1.82, 2.24) is 0 Å². The molecule has 0 aliphatic carbocycles. The molecule has 23 heavy (non-hydrogen) atoms. The molecule has 0 radical (unpaired) electrons. The monoisotopic (exact) mass is 331 g/mol. The van der Waals surface area contributed by atoms with E-state index in [-0.39, 0.29) is 18.6 Å². The van der Waals surface area contributed by atoms with Crippen molar-refractivity contribution in [1.29, 1.82) is 0 Å². The number of Topliss-reactive ketones (excluding diaryl/α,β-unsaturated/α-hetero) is 1. The molecular weight excluding hydrogens is 314 g/mol. The largest absolute Gasteiger partial charge is 0.453 e. The number of thiophene rings is 1. The molecular formula is C17H17NO4S. The number of ketones is 1. The summed E-state index contributed by atoms with van der Waals surface area (Å²) in [4.78, 5) is 36.1. The van der Waals surface area contributed by atoms with Crippen LogP contribution in [0.4, 0.5) is 5.69 Å². The first-order chi connectivity index (χ1) is 11.1. The van der Waals surface area contributed by atoms with Crippen LogP contribution in [0.5, 0.6) is 0 Å². The fourth-order valence-electron chi connectivity index (χ4n) is 1.85. The molecule has 1 N–H and O–H groups in total. The number of hydrogen-bond donors (Lipinski definition) is 1. The molecule has 0 aliphatic heterocycles. The molecule has 6 heteroatoms. The van der Waals surface area contributed by atoms with Crippen LogP contribution in [-0.2, 0) is 14.3 Å². The van der Waals surface area contributed by atoms with Crippen molar-refractivity contribution in [2.24, 2.45) is 0 Å². The Morgan fingerprint density at radius 2 is 1.83 bits per heavy atom. The van der Waals surface area contributed by atoms with Crippen LogP contribution in [0, 0.1) is 0 Å². The Morgan fingerprint density at radius 1 is 1.09 bits per heavy atom. The van der Waals surface area contributed by atoms with E-state index >= 15 is 0 Å². The second-order valence-electron chi connectivity index (χ2n) is 4.89. The van der Waals surface area contributed by atoms with Gasteiger partial charge in [0.1, 0.15) is 0 Å². The third-order valence-electron chi connectivity index (χ3n) is 3.07. The van der Waals surface area contributed by atoms with Crippen LogP contribution in [-0.4, -0.2) is 23.8 Å². The standard InChI is InChI=1S/C17H17NO4S/c1-12(17(21)18-13-6-3-2-4-7-13)22-16(20)10-9-14(19)15-8-5-11-23-15/h2-8,11-12H,9-10H2,1H3,(H,18,21)/t12-/m1/s1. The van der Waals surface area contributed by atoms with Crippen molar-refractivity contribution in [2.75, 3.05) is 5.32 Å². The third-order valence-corrected chi connectivity index (χ3v) is 3.98. The summed E-state index contributed by atoms with van der Waals surface area (Å²) in [5.41, 5.74) is 0.633. The van der Waals surface area contributed by atoms with E-state index in [4.69, 9.17) is 4.74 Å². The highest BCUT2D eigenvalue weighted by atomic mass is 32.1. The Morgan fingerprint density at radius 3 is 2.48 bits per heavy atom. The average molecular weight is 331 g/mol. The molecule has 0 saturated heterocycles.